The van der Waals surface area contributed by atoms with Crippen LogP contribution in [-0.4, -0.2) is 13.1 Å². The van der Waals surface area contributed by atoms with Crippen LogP contribution < -0.4 is 11.1 Å². The summed E-state index contributed by atoms with van der Waals surface area (Å²) < 4.78 is 1.20. The average molecular weight is 291 g/mol. The summed E-state index contributed by atoms with van der Waals surface area (Å²) in [4.78, 5) is 1.38. The number of hydrogen-bond acceptors (Lipinski definition) is 3. The smallest absolute Gasteiger partial charge is 0.0701 e. The normalized spacial score (nSPS) is 13.0. The van der Waals surface area contributed by atoms with Gasteiger partial charge in [-0.05, 0) is 59.9 Å². The van der Waals surface area contributed by atoms with Crippen LogP contribution in [0.3, 0.4) is 0 Å². The Labute approximate surface area is 104 Å². The molecule has 0 spiro atoms. The molecule has 0 aliphatic heterocycles. The SMILES string of the molecule is CC(CN)CCCNCc1ccc(Br)s1. The third-order valence-corrected chi connectivity index (χ3v) is 4.00. The van der Waals surface area contributed by atoms with Crippen LogP contribution in [0.5, 0.6) is 0 Å². The summed E-state index contributed by atoms with van der Waals surface area (Å²) in [6, 6.07) is 4.25. The van der Waals surface area contributed by atoms with Crippen molar-refractivity contribution < 1.29 is 0 Å². The number of thiophene rings is 1. The van der Waals surface area contributed by atoms with Crippen molar-refractivity contribution in [2.45, 2.75) is 26.3 Å². The molecule has 86 valence electrons. The lowest BCUT2D eigenvalue weighted by Crippen LogP contribution is -2.17. The highest BCUT2D eigenvalue weighted by molar-refractivity contribution is 9.11. The van der Waals surface area contributed by atoms with Gasteiger partial charge in [0, 0.05) is 11.4 Å². The topological polar surface area (TPSA) is 38.0 Å². The van der Waals surface area contributed by atoms with Gasteiger partial charge in [-0.1, -0.05) is 6.92 Å². The lowest BCUT2D eigenvalue weighted by molar-refractivity contribution is 0.502. The molecule has 0 aliphatic rings. The Morgan fingerprint density at radius 1 is 1.53 bits per heavy atom. The summed E-state index contributed by atoms with van der Waals surface area (Å²) in [5.41, 5.74) is 5.56. The van der Waals surface area contributed by atoms with E-state index in [1.165, 1.54) is 21.5 Å². The molecule has 0 amide bonds. The summed E-state index contributed by atoms with van der Waals surface area (Å²) in [5.74, 6) is 0.655. The third-order valence-electron chi connectivity index (χ3n) is 2.38. The van der Waals surface area contributed by atoms with Crippen LogP contribution in [0.4, 0.5) is 0 Å². The van der Waals surface area contributed by atoms with Crippen LogP contribution >= 0.6 is 27.3 Å². The maximum Gasteiger partial charge on any atom is 0.0701 e. The van der Waals surface area contributed by atoms with Crippen molar-refractivity contribution >= 4 is 27.3 Å². The Balaban J connectivity index is 2.02. The van der Waals surface area contributed by atoms with E-state index in [4.69, 9.17) is 5.73 Å². The van der Waals surface area contributed by atoms with Crippen LogP contribution in [0.15, 0.2) is 15.9 Å². The van der Waals surface area contributed by atoms with E-state index in [0.717, 1.165) is 19.6 Å². The first-order valence-electron chi connectivity index (χ1n) is 5.37. The molecule has 1 aromatic rings. The first-order valence-corrected chi connectivity index (χ1v) is 6.98. The monoisotopic (exact) mass is 290 g/mol. The van der Waals surface area contributed by atoms with E-state index in [1.807, 2.05) is 0 Å². The fraction of sp³-hybridized carbons (Fsp3) is 0.636. The molecule has 0 bridgehead atoms. The molecule has 0 radical (unpaired) electrons. The largest absolute Gasteiger partial charge is 0.330 e. The molecule has 1 heterocycles. The highest BCUT2D eigenvalue weighted by Crippen LogP contribution is 2.21. The first kappa shape index (κ1) is 13.2. The van der Waals surface area contributed by atoms with Gasteiger partial charge in [-0.15, -0.1) is 11.3 Å². The molecule has 4 heteroatoms. The predicted molar refractivity (Wildman–Crippen MR) is 71.2 cm³/mol. The van der Waals surface area contributed by atoms with E-state index in [9.17, 15) is 0 Å². The first-order chi connectivity index (χ1) is 7.22. The van der Waals surface area contributed by atoms with E-state index in [-0.39, 0.29) is 0 Å². The van der Waals surface area contributed by atoms with Crippen LogP contribution in [0.25, 0.3) is 0 Å². The highest BCUT2D eigenvalue weighted by atomic mass is 79.9. The van der Waals surface area contributed by atoms with E-state index in [1.54, 1.807) is 11.3 Å². The number of halogens is 1. The fourth-order valence-electron chi connectivity index (χ4n) is 1.35. The van der Waals surface area contributed by atoms with E-state index < -0.39 is 0 Å². The molecule has 15 heavy (non-hydrogen) atoms. The Hall–Kier alpha value is 0.1000. The van der Waals surface area contributed by atoms with Crippen molar-refractivity contribution in [2.24, 2.45) is 11.7 Å². The minimum Gasteiger partial charge on any atom is -0.330 e. The molecular weight excluding hydrogens is 272 g/mol. The highest BCUT2D eigenvalue weighted by Gasteiger charge is 1.99. The molecular formula is C11H19BrN2S. The van der Waals surface area contributed by atoms with Gasteiger partial charge in [0.25, 0.3) is 0 Å². The second-order valence-corrected chi connectivity index (χ2v) is 6.41. The molecule has 1 aromatic heterocycles. The van der Waals surface area contributed by atoms with Crippen molar-refractivity contribution in [2.75, 3.05) is 13.1 Å². The Bertz CT molecular complexity index is 275. The van der Waals surface area contributed by atoms with Gasteiger partial charge in [-0.3, -0.25) is 0 Å². The van der Waals surface area contributed by atoms with Crippen LogP contribution in [0, 0.1) is 5.92 Å². The van der Waals surface area contributed by atoms with Crippen LogP contribution in [0.1, 0.15) is 24.6 Å². The summed E-state index contributed by atoms with van der Waals surface area (Å²) >= 11 is 5.25. The summed E-state index contributed by atoms with van der Waals surface area (Å²) in [5, 5.41) is 3.44. The quantitative estimate of drug-likeness (QED) is 0.758. The van der Waals surface area contributed by atoms with Gasteiger partial charge in [0.05, 0.1) is 3.79 Å². The Morgan fingerprint density at radius 3 is 2.93 bits per heavy atom. The molecule has 1 unspecified atom stereocenters. The van der Waals surface area contributed by atoms with Gasteiger partial charge in [0.1, 0.15) is 0 Å². The lowest BCUT2D eigenvalue weighted by atomic mass is 10.1. The van der Waals surface area contributed by atoms with Crippen LogP contribution in [0.2, 0.25) is 0 Å². The number of nitrogens with two attached hydrogens (primary N) is 1. The molecule has 0 aromatic carbocycles. The van der Waals surface area contributed by atoms with Gasteiger partial charge in [-0.25, -0.2) is 0 Å². The zero-order valence-electron chi connectivity index (χ0n) is 9.13. The second kappa shape index (κ2) is 7.39. The minimum absolute atomic E-state index is 0.655. The summed E-state index contributed by atoms with van der Waals surface area (Å²) in [7, 11) is 0. The maximum absolute atomic E-state index is 5.56. The van der Waals surface area contributed by atoms with E-state index in [2.05, 4.69) is 40.3 Å². The van der Waals surface area contributed by atoms with Gasteiger partial charge in [0.15, 0.2) is 0 Å². The maximum atomic E-state index is 5.56. The van der Waals surface area contributed by atoms with Crippen molar-refractivity contribution in [3.63, 3.8) is 0 Å². The standard InChI is InChI=1S/C11H19BrN2S/c1-9(7-13)3-2-6-14-8-10-4-5-11(12)15-10/h4-5,9,14H,2-3,6-8,13H2,1H3. The van der Waals surface area contributed by atoms with Crippen molar-refractivity contribution in [1.29, 1.82) is 0 Å². The zero-order chi connectivity index (χ0) is 11.1. The van der Waals surface area contributed by atoms with Gasteiger partial charge >= 0.3 is 0 Å². The van der Waals surface area contributed by atoms with Crippen molar-refractivity contribution in [3.05, 3.63) is 20.8 Å². The lowest BCUT2D eigenvalue weighted by Gasteiger charge is -2.07. The fourth-order valence-corrected chi connectivity index (χ4v) is 2.80. The molecule has 1 atom stereocenters. The Kier molecular flexibility index (Phi) is 6.48. The summed E-state index contributed by atoms with van der Waals surface area (Å²) in [6.07, 6.45) is 2.43. The number of rotatable bonds is 7. The third kappa shape index (κ3) is 5.66. The minimum atomic E-state index is 0.655. The molecule has 0 saturated carbocycles. The number of hydrogen-bond donors (Lipinski definition) is 2. The second-order valence-electron chi connectivity index (χ2n) is 3.87. The molecule has 1 rings (SSSR count). The molecule has 2 nitrogen and oxygen atoms in total. The van der Waals surface area contributed by atoms with Crippen molar-refractivity contribution in [1.82, 2.24) is 5.32 Å². The predicted octanol–water partition coefficient (Wildman–Crippen LogP) is 2.98. The average Bonchev–Trinajstić information content (AvgIpc) is 2.63. The van der Waals surface area contributed by atoms with Gasteiger partial charge < -0.3 is 11.1 Å². The zero-order valence-corrected chi connectivity index (χ0v) is 11.5. The Morgan fingerprint density at radius 2 is 2.33 bits per heavy atom. The van der Waals surface area contributed by atoms with Crippen LogP contribution in [-0.2, 0) is 6.54 Å². The molecule has 0 saturated heterocycles. The molecule has 0 aliphatic carbocycles. The van der Waals surface area contributed by atoms with Crippen molar-refractivity contribution in [3.8, 4) is 0 Å². The molecule has 3 N–H and O–H groups in total. The van der Waals surface area contributed by atoms with E-state index in [0.29, 0.717) is 5.92 Å². The molecule has 0 fully saturated rings. The number of nitrogens with one attached hydrogen (secondary N) is 1. The van der Waals surface area contributed by atoms with E-state index >= 15 is 0 Å². The van der Waals surface area contributed by atoms with Gasteiger partial charge in [-0.2, -0.15) is 0 Å². The van der Waals surface area contributed by atoms with Gasteiger partial charge in [0.2, 0.25) is 0 Å². The summed E-state index contributed by atoms with van der Waals surface area (Å²) in [6.45, 7) is 5.07.